The molecule has 0 aliphatic carbocycles. The number of nitrogens with two attached hydrogens (primary N) is 1. The molecule has 1 saturated heterocycles. The monoisotopic (exact) mass is 522 g/mol. The van der Waals surface area contributed by atoms with Crippen LogP contribution < -0.4 is 16.2 Å². The quantitative estimate of drug-likeness (QED) is 0.292. The zero-order valence-electron chi connectivity index (χ0n) is 20.3. The van der Waals surface area contributed by atoms with Crippen molar-refractivity contribution in [2.75, 3.05) is 18.0 Å². The lowest BCUT2D eigenvalue weighted by Gasteiger charge is -2.30. The first kappa shape index (κ1) is 25.4. The predicted molar refractivity (Wildman–Crippen MR) is 136 cm³/mol. The molecule has 0 radical (unpaired) electrons. The van der Waals surface area contributed by atoms with E-state index in [4.69, 9.17) is 12.3 Å². The van der Waals surface area contributed by atoms with Gasteiger partial charge in [-0.05, 0) is 36.6 Å². The lowest BCUT2D eigenvalue weighted by atomic mass is 9.98. The van der Waals surface area contributed by atoms with Gasteiger partial charge in [-0.25, -0.2) is 14.2 Å². The molecule has 7 nitrogen and oxygen atoms in total. The summed E-state index contributed by atoms with van der Waals surface area (Å²) in [6.07, 6.45) is -3.28. The van der Waals surface area contributed by atoms with Crippen LogP contribution in [0.2, 0.25) is 0 Å². The van der Waals surface area contributed by atoms with Gasteiger partial charge in [-0.1, -0.05) is 30.3 Å². The third-order valence-electron chi connectivity index (χ3n) is 6.74. The Bertz CT molecular complexity index is 1650. The Balaban J connectivity index is 1.81. The molecule has 0 saturated carbocycles. The van der Waals surface area contributed by atoms with Gasteiger partial charge in [-0.15, -0.1) is 0 Å². The molecule has 0 spiro atoms. The van der Waals surface area contributed by atoms with Crippen molar-refractivity contribution < 1.29 is 17.6 Å². The maximum Gasteiger partial charge on any atom is 0.417 e. The number of hydrogen-bond donors (Lipinski definition) is 1. The van der Waals surface area contributed by atoms with Crippen LogP contribution in [0.3, 0.4) is 0 Å². The minimum absolute atomic E-state index is 0.0436. The number of rotatable bonds is 3. The number of alkyl halides is 3. The molecule has 11 heteroatoms. The summed E-state index contributed by atoms with van der Waals surface area (Å²) >= 11 is 0. The molecular formula is C27H22F4N6O. The summed E-state index contributed by atoms with van der Waals surface area (Å²) in [7, 11) is 1.43. The second-order valence-corrected chi connectivity index (χ2v) is 9.18. The summed E-state index contributed by atoms with van der Waals surface area (Å²) in [6.45, 7) is 8.28. The minimum Gasteiger partial charge on any atom is -0.341 e. The van der Waals surface area contributed by atoms with Gasteiger partial charge in [-0.3, -0.25) is 9.36 Å². The molecule has 1 fully saturated rings. The highest BCUT2D eigenvalue weighted by molar-refractivity contribution is 5.94. The fourth-order valence-corrected chi connectivity index (χ4v) is 4.68. The third kappa shape index (κ3) is 4.48. The zero-order chi connectivity index (χ0) is 27.2. The SMILES string of the molecule is [C-]#[N+]c1ccc(-c2nc(N3CCC(N)CC3)nc3c2cc(-c2ccccc2C(F)(F)F)c(=O)n3C)cc1F. The van der Waals surface area contributed by atoms with Gasteiger partial charge in [-0.2, -0.15) is 18.2 Å². The van der Waals surface area contributed by atoms with Gasteiger partial charge in [0.1, 0.15) is 11.5 Å². The second kappa shape index (κ2) is 9.54. The number of aromatic nitrogens is 3. The number of hydrogen-bond acceptors (Lipinski definition) is 5. The molecule has 0 unspecified atom stereocenters. The third-order valence-corrected chi connectivity index (χ3v) is 6.74. The van der Waals surface area contributed by atoms with E-state index in [1.165, 1.54) is 48.0 Å². The Hall–Kier alpha value is -4.30. The zero-order valence-corrected chi connectivity index (χ0v) is 20.3. The Morgan fingerprint density at radius 1 is 1.05 bits per heavy atom. The summed E-state index contributed by atoms with van der Waals surface area (Å²) in [5, 5.41) is 0.270. The number of anilines is 1. The van der Waals surface area contributed by atoms with Crippen molar-refractivity contribution in [1.29, 1.82) is 0 Å². The van der Waals surface area contributed by atoms with E-state index in [2.05, 4.69) is 14.8 Å². The summed E-state index contributed by atoms with van der Waals surface area (Å²) in [6, 6.07) is 10.2. The van der Waals surface area contributed by atoms with Crippen LogP contribution in [-0.2, 0) is 13.2 Å². The van der Waals surface area contributed by atoms with Crippen LogP contribution in [0.5, 0.6) is 0 Å². The molecule has 1 aliphatic heterocycles. The van der Waals surface area contributed by atoms with Crippen LogP contribution in [0.15, 0.2) is 53.3 Å². The summed E-state index contributed by atoms with van der Waals surface area (Å²) in [5.41, 5.74) is 4.49. The standard InChI is InChI=1S/C27H22F4N6O/c1-33-22-8-7-15(13-21(22)28)23-19-14-18(17-5-3-4-6-20(17)27(29,30)31)25(38)36(2)24(19)35-26(34-23)37-11-9-16(32)10-12-37/h3-8,13-14,16H,9-12,32H2,2H3. The molecule has 1 aliphatic rings. The molecule has 4 aromatic rings. The van der Waals surface area contributed by atoms with Crippen molar-refractivity contribution in [2.24, 2.45) is 12.8 Å². The minimum atomic E-state index is -4.69. The van der Waals surface area contributed by atoms with Crippen molar-refractivity contribution in [3.8, 4) is 22.4 Å². The van der Waals surface area contributed by atoms with E-state index >= 15 is 0 Å². The average molecular weight is 523 g/mol. The van der Waals surface area contributed by atoms with Crippen molar-refractivity contribution in [2.45, 2.75) is 25.1 Å². The molecule has 38 heavy (non-hydrogen) atoms. The van der Waals surface area contributed by atoms with E-state index < -0.39 is 23.1 Å². The number of halogens is 4. The molecule has 5 rings (SSSR count). The number of aryl methyl sites for hydroxylation is 1. The van der Waals surface area contributed by atoms with E-state index in [0.29, 0.717) is 37.4 Å². The first-order chi connectivity index (χ1) is 18.1. The van der Waals surface area contributed by atoms with Crippen molar-refractivity contribution >= 4 is 22.7 Å². The summed E-state index contributed by atoms with van der Waals surface area (Å²) < 4.78 is 57.3. The van der Waals surface area contributed by atoms with E-state index in [-0.39, 0.29) is 39.6 Å². The fourth-order valence-electron chi connectivity index (χ4n) is 4.68. The number of pyridine rings is 1. The topological polar surface area (TPSA) is 81.4 Å². The van der Waals surface area contributed by atoms with E-state index in [9.17, 15) is 22.4 Å². The number of piperidine rings is 1. The normalized spacial score (nSPS) is 14.6. The second-order valence-electron chi connectivity index (χ2n) is 9.18. The lowest BCUT2D eigenvalue weighted by molar-refractivity contribution is -0.137. The Kier molecular flexibility index (Phi) is 6.36. The highest BCUT2D eigenvalue weighted by atomic mass is 19.4. The van der Waals surface area contributed by atoms with Crippen LogP contribution in [0.25, 0.3) is 38.3 Å². The first-order valence-electron chi connectivity index (χ1n) is 11.8. The largest absolute Gasteiger partial charge is 0.417 e. The van der Waals surface area contributed by atoms with Crippen LogP contribution in [0, 0.1) is 12.4 Å². The molecule has 0 atom stereocenters. The highest BCUT2D eigenvalue weighted by Gasteiger charge is 2.34. The number of fused-ring (bicyclic) bond motifs is 1. The lowest BCUT2D eigenvalue weighted by Crippen LogP contribution is -2.40. The van der Waals surface area contributed by atoms with Gasteiger partial charge < -0.3 is 10.6 Å². The fraction of sp³-hybridized carbons (Fsp3) is 0.259. The van der Waals surface area contributed by atoms with Crippen LogP contribution in [0.1, 0.15) is 18.4 Å². The Morgan fingerprint density at radius 2 is 1.76 bits per heavy atom. The molecule has 0 bridgehead atoms. The maximum absolute atomic E-state index is 14.6. The van der Waals surface area contributed by atoms with Crippen molar-refractivity contribution in [1.82, 2.24) is 14.5 Å². The molecule has 2 N–H and O–H groups in total. The molecule has 2 aromatic heterocycles. The first-order valence-corrected chi connectivity index (χ1v) is 11.8. The van der Waals surface area contributed by atoms with Gasteiger partial charge in [0.05, 0.1) is 17.8 Å². The summed E-state index contributed by atoms with van der Waals surface area (Å²) in [4.78, 5) is 27.7. The molecular weight excluding hydrogens is 500 g/mol. The van der Waals surface area contributed by atoms with Gasteiger partial charge >= 0.3 is 6.18 Å². The van der Waals surface area contributed by atoms with Gasteiger partial charge in [0.25, 0.3) is 5.56 Å². The van der Waals surface area contributed by atoms with E-state index in [1.54, 1.807) is 0 Å². The molecule has 0 amide bonds. The molecule has 194 valence electrons. The average Bonchev–Trinajstić information content (AvgIpc) is 2.90. The molecule has 2 aromatic carbocycles. The number of nitrogens with zero attached hydrogens (tertiary/aromatic N) is 5. The smallest absolute Gasteiger partial charge is 0.341 e. The number of benzene rings is 2. The van der Waals surface area contributed by atoms with Crippen LogP contribution in [-0.4, -0.2) is 33.7 Å². The maximum atomic E-state index is 14.6. The van der Waals surface area contributed by atoms with Crippen LogP contribution >= 0.6 is 0 Å². The van der Waals surface area contributed by atoms with E-state index in [0.717, 1.165) is 12.1 Å². The Labute approximate surface area is 215 Å². The van der Waals surface area contributed by atoms with Gasteiger partial charge in [0.2, 0.25) is 11.6 Å². The predicted octanol–water partition coefficient (Wildman–Crippen LogP) is 5.30. The van der Waals surface area contributed by atoms with E-state index in [1.807, 2.05) is 4.90 Å². The van der Waals surface area contributed by atoms with Crippen LogP contribution in [0.4, 0.5) is 29.2 Å². The highest BCUT2D eigenvalue weighted by Crippen LogP contribution is 2.38. The molecule has 3 heterocycles. The summed E-state index contributed by atoms with van der Waals surface area (Å²) in [5.74, 6) is -0.463. The van der Waals surface area contributed by atoms with Crippen molar-refractivity contribution in [3.63, 3.8) is 0 Å². The van der Waals surface area contributed by atoms with Gasteiger partial charge in [0.15, 0.2) is 0 Å². The van der Waals surface area contributed by atoms with Crippen molar-refractivity contribution in [3.05, 3.63) is 81.7 Å². The van der Waals surface area contributed by atoms with Gasteiger partial charge in [0, 0.05) is 42.7 Å². The Morgan fingerprint density at radius 3 is 2.42 bits per heavy atom.